The molecule has 4 heterocycles. The highest BCUT2D eigenvalue weighted by Gasteiger charge is 2.19. The van der Waals surface area contributed by atoms with Crippen LogP contribution in [0.3, 0.4) is 0 Å². The van der Waals surface area contributed by atoms with Crippen molar-refractivity contribution in [3.8, 4) is 28.7 Å². The largest absolute Gasteiger partial charge is 0.324 e. The second-order valence-corrected chi connectivity index (χ2v) is 5.60. The van der Waals surface area contributed by atoms with E-state index in [4.69, 9.17) is 0 Å². The maximum absolute atomic E-state index is 13.0. The van der Waals surface area contributed by atoms with Crippen LogP contribution in [0.4, 0.5) is 8.78 Å². The lowest BCUT2D eigenvalue weighted by molar-refractivity contribution is 0.127. The molecule has 4 aromatic heterocycles. The normalized spacial score (nSPS) is 11.2. The predicted octanol–water partition coefficient (Wildman–Crippen LogP) is 3.40. The first-order valence-electron chi connectivity index (χ1n) is 7.79. The summed E-state index contributed by atoms with van der Waals surface area (Å²) in [5, 5.41) is 9.21. The molecule has 0 spiro atoms. The monoisotopic (exact) mass is 350 g/mol. The molecule has 0 amide bonds. The highest BCUT2D eigenvalue weighted by atomic mass is 19.3. The summed E-state index contributed by atoms with van der Waals surface area (Å²) < 4.78 is 29.1. The van der Waals surface area contributed by atoms with Gasteiger partial charge in [-0.2, -0.15) is 5.26 Å². The molecule has 0 N–H and O–H groups in total. The molecule has 0 unspecified atom stereocenters. The van der Waals surface area contributed by atoms with Crippen LogP contribution in [0, 0.1) is 11.3 Å². The van der Waals surface area contributed by atoms with E-state index >= 15 is 0 Å². The van der Waals surface area contributed by atoms with E-state index in [-0.39, 0.29) is 0 Å². The zero-order valence-corrected chi connectivity index (χ0v) is 13.4. The van der Waals surface area contributed by atoms with E-state index in [1.165, 1.54) is 17.1 Å². The summed E-state index contributed by atoms with van der Waals surface area (Å²) in [5.41, 5.74) is 3.21. The van der Waals surface area contributed by atoms with Gasteiger partial charge in [0.2, 0.25) is 0 Å². The lowest BCUT2D eigenvalue weighted by Crippen LogP contribution is -2.07. The molecule has 0 aromatic carbocycles. The van der Waals surface area contributed by atoms with E-state index < -0.39 is 13.0 Å². The number of imidazole rings is 2. The van der Waals surface area contributed by atoms with Gasteiger partial charge in [0, 0.05) is 18.0 Å². The predicted molar refractivity (Wildman–Crippen MR) is 90.4 cm³/mol. The van der Waals surface area contributed by atoms with Crippen molar-refractivity contribution in [1.82, 2.24) is 23.9 Å². The maximum atomic E-state index is 13.0. The van der Waals surface area contributed by atoms with Gasteiger partial charge in [-0.15, -0.1) is 0 Å². The molecule has 0 aliphatic rings. The molecule has 26 heavy (non-hydrogen) atoms. The highest BCUT2D eigenvalue weighted by molar-refractivity contribution is 5.77. The van der Waals surface area contributed by atoms with Crippen LogP contribution in [-0.4, -0.2) is 30.3 Å². The van der Waals surface area contributed by atoms with Gasteiger partial charge < -0.3 is 4.57 Å². The summed E-state index contributed by atoms with van der Waals surface area (Å²) in [5.74, 6) is 0. The second-order valence-electron chi connectivity index (χ2n) is 5.60. The zero-order chi connectivity index (χ0) is 18.1. The minimum Gasteiger partial charge on any atom is -0.324 e. The molecule has 8 heteroatoms. The zero-order valence-electron chi connectivity index (χ0n) is 13.4. The summed E-state index contributed by atoms with van der Waals surface area (Å²) in [6.45, 7) is -0.484. The standard InChI is InChI=1S/C18H12F2N6/c19-15(20)10-25-11-24-17(14-3-1-2-6-22-14)18(25)12-4-5-16-23-8-13(7-21)26(16)9-12/h1-6,8-9,11,15H,10H2. The summed E-state index contributed by atoms with van der Waals surface area (Å²) in [6, 6.07) is 10.9. The Kier molecular flexibility index (Phi) is 3.89. The molecule has 0 aliphatic heterocycles. The Morgan fingerprint density at radius 1 is 1.12 bits per heavy atom. The van der Waals surface area contributed by atoms with Gasteiger partial charge >= 0.3 is 0 Å². The van der Waals surface area contributed by atoms with E-state index in [1.807, 2.05) is 6.07 Å². The quantitative estimate of drug-likeness (QED) is 0.565. The number of alkyl halides is 2. The first kappa shape index (κ1) is 15.9. The number of rotatable bonds is 4. The molecule has 0 atom stereocenters. The Morgan fingerprint density at radius 3 is 2.73 bits per heavy atom. The fourth-order valence-electron chi connectivity index (χ4n) is 2.87. The van der Waals surface area contributed by atoms with Crippen molar-refractivity contribution < 1.29 is 8.78 Å². The molecule has 0 aliphatic carbocycles. The van der Waals surface area contributed by atoms with E-state index in [9.17, 15) is 14.0 Å². The third-order valence-electron chi connectivity index (χ3n) is 3.97. The molecule has 0 saturated carbocycles. The van der Waals surface area contributed by atoms with Gasteiger partial charge in [-0.05, 0) is 24.3 Å². The number of nitriles is 1. The third-order valence-corrected chi connectivity index (χ3v) is 3.97. The van der Waals surface area contributed by atoms with Crippen molar-refractivity contribution in [2.75, 3.05) is 0 Å². The molecule has 0 fully saturated rings. The number of hydrogen-bond donors (Lipinski definition) is 0. The van der Waals surface area contributed by atoms with Crippen LogP contribution >= 0.6 is 0 Å². The first-order valence-corrected chi connectivity index (χ1v) is 7.79. The SMILES string of the molecule is N#Cc1cnc2ccc(-c3c(-c4ccccn4)ncn3CC(F)F)cn12. The van der Waals surface area contributed by atoms with Crippen molar-refractivity contribution in [3.63, 3.8) is 0 Å². The Morgan fingerprint density at radius 2 is 2.00 bits per heavy atom. The van der Waals surface area contributed by atoms with Gasteiger partial charge in [0.15, 0.2) is 0 Å². The van der Waals surface area contributed by atoms with E-state index in [0.29, 0.717) is 34.0 Å². The Balaban J connectivity index is 1.94. The Labute approximate surface area is 147 Å². The van der Waals surface area contributed by atoms with Crippen molar-refractivity contribution in [3.05, 3.63) is 60.9 Å². The van der Waals surface area contributed by atoms with Gasteiger partial charge in [-0.1, -0.05) is 6.07 Å². The number of nitrogens with zero attached hydrogens (tertiary/aromatic N) is 6. The van der Waals surface area contributed by atoms with Crippen LogP contribution < -0.4 is 0 Å². The minimum atomic E-state index is -2.52. The van der Waals surface area contributed by atoms with Gasteiger partial charge in [0.25, 0.3) is 6.43 Å². The van der Waals surface area contributed by atoms with Gasteiger partial charge in [-0.3, -0.25) is 9.38 Å². The molecular formula is C18H12F2N6. The second kappa shape index (κ2) is 6.37. The van der Waals surface area contributed by atoms with E-state index in [1.54, 1.807) is 41.1 Å². The molecule has 4 aromatic rings. The molecule has 6 nitrogen and oxygen atoms in total. The van der Waals surface area contributed by atoms with Crippen LogP contribution in [0.1, 0.15) is 5.69 Å². The molecule has 0 bridgehead atoms. The van der Waals surface area contributed by atoms with Crippen molar-refractivity contribution in [2.45, 2.75) is 13.0 Å². The smallest absolute Gasteiger partial charge is 0.256 e. The van der Waals surface area contributed by atoms with E-state index in [2.05, 4.69) is 21.0 Å². The maximum Gasteiger partial charge on any atom is 0.256 e. The molecular weight excluding hydrogens is 338 g/mol. The summed E-state index contributed by atoms with van der Waals surface area (Å²) in [6.07, 6.45) is 3.65. The summed E-state index contributed by atoms with van der Waals surface area (Å²) in [7, 11) is 0. The van der Waals surface area contributed by atoms with Crippen LogP contribution in [-0.2, 0) is 6.54 Å². The fourth-order valence-corrected chi connectivity index (χ4v) is 2.87. The first-order chi connectivity index (χ1) is 12.7. The lowest BCUT2D eigenvalue weighted by Gasteiger charge is -2.10. The molecule has 128 valence electrons. The van der Waals surface area contributed by atoms with Gasteiger partial charge in [0.1, 0.15) is 23.1 Å². The Bertz CT molecular complexity index is 1110. The number of aromatic nitrogens is 5. The minimum absolute atomic E-state index is 0.362. The molecule has 0 radical (unpaired) electrons. The number of hydrogen-bond acceptors (Lipinski definition) is 4. The number of halogens is 2. The van der Waals surface area contributed by atoms with Crippen molar-refractivity contribution >= 4 is 5.65 Å². The Hall–Kier alpha value is -3.60. The van der Waals surface area contributed by atoms with Gasteiger partial charge in [0.05, 0.1) is 30.5 Å². The number of fused-ring (bicyclic) bond motifs is 1. The highest BCUT2D eigenvalue weighted by Crippen LogP contribution is 2.31. The third kappa shape index (κ3) is 2.69. The van der Waals surface area contributed by atoms with Crippen molar-refractivity contribution in [1.29, 1.82) is 5.26 Å². The van der Waals surface area contributed by atoms with E-state index in [0.717, 1.165) is 0 Å². The van der Waals surface area contributed by atoms with Crippen molar-refractivity contribution in [2.24, 2.45) is 0 Å². The topological polar surface area (TPSA) is 71.8 Å². The molecule has 0 saturated heterocycles. The average molecular weight is 350 g/mol. The van der Waals surface area contributed by atoms with Crippen LogP contribution in [0.2, 0.25) is 0 Å². The number of pyridine rings is 2. The molecule has 4 rings (SSSR count). The fraction of sp³-hybridized carbons (Fsp3) is 0.111. The summed E-state index contributed by atoms with van der Waals surface area (Å²) in [4.78, 5) is 12.7. The summed E-state index contributed by atoms with van der Waals surface area (Å²) >= 11 is 0. The lowest BCUT2D eigenvalue weighted by atomic mass is 10.1. The average Bonchev–Trinajstić information content (AvgIpc) is 3.25. The van der Waals surface area contributed by atoms with Crippen LogP contribution in [0.15, 0.2) is 55.2 Å². The van der Waals surface area contributed by atoms with Gasteiger partial charge in [-0.25, -0.2) is 18.7 Å². The van der Waals surface area contributed by atoms with Crippen LogP contribution in [0.5, 0.6) is 0 Å². The van der Waals surface area contributed by atoms with Crippen LogP contribution in [0.25, 0.3) is 28.3 Å².